The summed E-state index contributed by atoms with van der Waals surface area (Å²) in [6, 6.07) is 12.3. The molecule has 1 atom stereocenters. The first kappa shape index (κ1) is 21.4. The molecule has 158 valence electrons. The van der Waals surface area contributed by atoms with E-state index in [-0.39, 0.29) is 5.82 Å². The minimum absolute atomic E-state index is 0.319. The molecule has 2 aromatic rings. The molecule has 0 saturated heterocycles. The molecule has 3 nitrogen and oxygen atoms in total. The molecule has 1 aliphatic carbocycles. The molecule has 3 rings (SSSR count). The summed E-state index contributed by atoms with van der Waals surface area (Å²) in [6.45, 7) is -0.0243. The standard InChI is InChI=1S/C22H25F4NO2/c23-17-6-10-19(11-7-17)29-20-12-8-18(9-13-20)27(15-21(28)22(24,25)26)14-16-4-2-1-3-5-16/h6-13,16,21,28H,1-5,14-15H2. The first-order valence-electron chi connectivity index (χ1n) is 9.84. The topological polar surface area (TPSA) is 32.7 Å². The van der Waals surface area contributed by atoms with Gasteiger partial charge in [-0.2, -0.15) is 13.2 Å². The Morgan fingerprint density at radius 1 is 0.931 bits per heavy atom. The number of hydrogen-bond donors (Lipinski definition) is 1. The lowest BCUT2D eigenvalue weighted by Gasteiger charge is -2.33. The van der Waals surface area contributed by atoms with Crippen LogP contribution in [-0.2, 0) is 0 Å². The van der Waals surface area contributed by atoms with Gasteiger partial charge in [-0.05, 0) is 67.3 Å². The molecular formula is C22H25F4NO2. The van der Waals surface area contributed by atoms with E-state index in [0.717, 1.165) is 32.1 Å². The molecule has 2 aromatic carbocycles. The summed E-state index contributed by atoms with van der Waals surface area (Å²) >= 11 is 0. The molecule has 0 aromatic heterocycles. The summed E-state index contributed by atoms with van der Waals surface area (Å²) < 4.78 is 57.4. The molecule has 7 heteroatoms. The summed E-state index contributed by atoms with van der Waals surface area (Å²) in [7, 11) is 0. The van der Waals surface area contributed by atoms with Crippen molar-refractivity contribution >= 4 is 5.69 Å². The van der Waals surface area contributed by atoms with Gasteiger partial charge in [0.15, 0.2) is 6.10 Å². The first-order chi connectivity index (χ1) is 13.8. The summed E-state index contributed by atoms with van der Waals surface area (Å²) in [6.07, 6.45) is -1.74. The minimum Gasteiger partial charge on any atom is -0.457 e. The van der Waals surface area contributed by atoms with Crippen molar-refractivity contribution in [2.24, 2.45) is 5.92 Å². The number of halogens is 4. The van der Waals surface area contributed by atoms with Gasteiger partial charge < -0.3 is 14.7 Å². The van der Waals surface area contributed by atoms with E-state index in [1.165, 1.54) is 24.3 Å². The monoisotopic (exact) mass is 411 g/mol. The maximum atomic E-state index is 13.0. The molecule has 1 saturated carbocycles. The molecule has 1 unspecified atom stereocenters. The van der Waals surface area contributed by atoms with Gasteiger partial charge in [0.25, 0.3) is 0 Å². The highest BCUT2D eigenvalue weighted by atomic mass is 19.4. The van der Waals surface area contributed by atoms with Crippen molar-refractivity contribution in [2.75, 3.05) is 18.0 Å². The number of anilines is 1. The first-order valence-corrected chi connectivity index (χ1v) is 9.84. The number of nitrogens with zero attached hydrogens (tertiary/aromatic N) is 1. The van der Waals surface area contributed by atoms with E-state index in [1.54, 1.807) is 29.2 Å². The summed E-state index contributed by atoms with van der Waals surface area (Å²) in [5.41, 5.74) is 0.602. The van der Waals surface area contributed by atoms with Gasteiger partial charge in [-0.25, -0.2) is 4.39 Å². The van der Waals surface area contributed by atoms with Crippen LogP contribution in [0.25, 0.3) is 0 Å². The summed E-state index contributed by atoms with van der Waals surface area (Å²) in [5.74, 6) is 0.911. The van der Waals surface area contributed by atoms with Crippen LogP contribution in [0.1, 0.15) is 32.1 Å². The Morgan fingerprint density at radius 3 is 2.03 bits per heavy atom. The Morgan fingerprint density at radius 2 is 1.48 bits per heavy atom. The van der Waals surface area contributed by atoms with Crippen LogP contribution < -0.4 is 9.64 Å². The van der Waals surface area contributed by atoms with Crippen molar-refractivity contribution in [3.05, 3.63) is 54.3 Å². The van der Waals surface area contributed by atoms with Crippen LogP contribution in [0.15, 0.2) is 48.5 Å². The third-order valence-corrected chi connectivity index (χ3v) is 5.23. The third kappa shape index (κ3) is 6.35. The molecule has 0 amide bonds. The normalized spacial score (nSPS) is 16.4. The summed E-state index contributed by atoms with van der Waals surface area (Å²) in [4.78, 5) is 1.61. The fraction of sp³-hybridized carbons (Fsp3) is 0.455. The molecule has 0 aliphatic heterocycles. The SMILES string of the molecule is OC(CN(CC1CCCCC1)c1ccc(Oc2ccc(F)cc2)cc1)C(F)(F)F. The molecule has 0 spiro atoms. The van der Waals surface area contributed by atoms with Crippen molar-refractivity contribution in [3.8, 4) is 11.5 Å². The fourth-order valence-electron chi connectivity index (χ4n) is 3.64. The maximum absolute atomic E-state index is 13.0. The van der Waals surface area contributed by atoms with Crippen molar-refractivity contribution in [2.45, 2.75) is 44.4 Å². The third-order valence-electron chi connectivity index (χ3n) is 5.23. The van der Waals surface area contributed by atoms with Crippen LogP contribution in [0.4, 0.5) is 23.2 Å². The van der Waals surface area contributed by atoms with Crippen LogP contribution in [0.3, 0.4) is 0 Å². The highest BCUT2D eigenvalue weighted by molar-refractivity contribution is 5.50. The largest absolute Gasteiger partial charge is 0.457 e. The predicted octanol–water partition coefficient (Wildman–Crippen LogP) is 5.93. The predicted molar refractivity (Wildman–Crippen MR) is 104 cm³/mol. The number of hydrogen-bond acceptors (Lipinski definition) is 3. The Balaban J connectivity index is 1.72. The van der Waals surface area contributed by atoms with E-state index in [2.05, 4.69) is 0 Å². The fourth-order valence-corrected chi connectivity index (χ4v) is 3.64. The molecule has 0 bridgehead atoms. The van der Waals surface area contributed by atoms with Crippen LogP contribution in [0.2, 0.25) is 0 Å². The zero-order chi connectivity index (χ0) is 20.9. The zero-order valence-corrected chi connectivity index (χ0v) is 16.0. The van der Waals surface area contributed by atoms with Crippen LogP contribution in [0, 0.1) is 11.7 Å². The molecule has 29 heavy (non-hydrogen) atoms. The molecule has 0 heterocycles. The number of benzene rings is 2. The number of rotatable bonds is 7. The second kappa shape index (κ2) is 9.48. The Bertz CT molecular complexity index is 756. The zero-order valence-electron chi connectivity index (χ0n) is 16.0. The van der Waals surface area contributed by atoms with Gasteiger partial charge in [0.2, 0.25) is 0 Å². The molecule has 0 radical (unpaired) electrons. The average molecular weight is 411 g/mol. The lowest BCUT2D eigenvalue weighted by Crippen LogP contribution is -2.43. The van der Waals surface area contributed by atoms with Gasteiger partial charge in [-0.1, -0.05) is 19.3 Å². The van der Waals surface area contributed by atoms with E-state index in [0.29, 0.717) is 29.6 Å². The van der Waals surface area contributed by atoms with Gasteiger partial charge in [-0.15, -0.1) is 0 Å². The van der Waals surface area contributed by atoms with Gasteiger partial charge in [0.1, 0.15) is 17.3 Å². The Labute approximate surface area is 167 Å². The lowest BCUT2D eigenvalue weighted by atomic mass is 9.88. The number of aliphatic hydroxyl groups excluding tert-OH is 1. The van der Waals surface area contributed by atoms with Crippen molar-refractivity contribution in [1.29, 1.82) is 0 Å². The molecule has 1 aliphatic rings. The van der Waals surface area contributed by atoms with E-state index < -0.39 is 18.8 Å². The van der Waals surface area contributed by atoms with E-state index in [1.807, 2.05) is 0 Å². The number of alkyl halides is 3. The van der Waals surface area contributed by atoms with Crippen LogP contribution >= 0.6 is 0 Å². The van der Waals surface area contributed by atoms with Crippen molar-refractivity contribution < 1.29 is 27.4 Å². The van der Waals surface area contributed by atoms with Crippen molar-refractivity contribution in [3.63, 3.8) is 0 Å². The molecule has 1 N–H and O–H groups in total. The van der Waals surface area contributed by atoms with Crippen molar-refractivity contribution in [1.82, 2.24) is 0 Å². The highest BCUT2D eigenvalue weighted by Gasteiger charge is 2.39. The molecular weight excluding hydrogens is 386 g/mol. The summed E-state index contributed by atoms with van der Waals surface area (Å²) in [5, 5.41) is 9.60. The van der Waals surface area contributed by atoms with Gasteiger partial charge in [-0.3, -0.25) is 0 Å². The minimum atomic E-state index is -4.66. The van der Waals surface area contributed by atoms with E-state index in [4.69, 9.17) is 4.74 Å². The maximum Gasteiger partial charge on any atom is 0.416 e. The number of aliphatic hydroxyl groups is 1. The van der Waals surface area contributed by atoms with Crippen LogP contribution in [0.5, 0.6) is 11.5 Å². The Kier molecular flexibility index (Phi) is 7.00. The van der Waals surface area contributed by atoms with Gasteiger partial charge >= 0.3 is 6.18 Å². The van der Waals surface area contributed by atoms with E-state index >= 15 is 0 Å². The van der Waals surface area contributed by atoms with E-state index in [9.17, 15) is 22.7 Å². The highest BCUT2D eigenvalue weighted by Crippen LogP contribution is 2.30. The second-order valence-corrected chi connectivity index (χ2v) is 7.52. The van der Waals surface area contributed by atoms with Gasteiger partial charge in [0, 0.05) is 12.2 Å². The Hall–Kier alpha value is -2.28. The lowest BCUT2D eigenvalue weighted by molar-refractivity contribution is -0.200. The van der Waals surface area contributed by atoms with Gasteiger partial charge in [0.05, 0.1) is 6.54 Å². The number of ether oxygens (including phenoxy) is 1. The quantitative estimate of drug-likeness (QED) is 0.574. The van der Waals surface area contributed by atoms with Crippen LogP contribution in [-0.4, -0.2) is 30.5 Å². The molecule has 1 fully saturated rings. The average Bonchev–Trinajstić information content (AvgIpc) is 2.70. The second-order valence-electron chi connectivity index (χ2n) is 7.52. The smallest absolute Gasteiger partial charge is 0.416 e.